The van der Waals surface area contributed by atoms with E-state index < -0.39 is 0 Å². The van der Waals surface area contributed by atoms with Gasteiger partial charge in [0, 0.05) is 49.5 Å². The van der Waals surface area contributed by atoms with Gasteiger partial charge >= 0.3 is 0 Å². The number of piperazine rings is 1. The van der Waals surface area contributed by atoms with Gasteiger partial charge in [0.2, 0.25) is 5.91 Å². The first kappa shape index (κ1) is 21.9. The number of anilines is 1. The smallest absolute Gasteiger partial charge is 0.241 e. The van der Waals surface area contributed by atoms with Gasteiger partial charge in [0.05, 0.1) is 13.2 Å². The lowest BCUT2D eigenvalue weighted by molar-refractivity contribution is -0.121. The van der Waals surface area contributed by atoms with E-state index in [1.807, 2.05) is 6.92 Å². The molecule has 1 saturated heterocycles. The van der Waals surface area contributed by atoms with Crippen molar-refractivity contribution in [3.8, 4) is 5.75 Å². The summed E-state index contributed by atoms with van der Waals surface area (Å²) in [6, 6.07) is 11.2. The first-order chi connectivity index (χ1) is 14.4. The van der Waals surface area contributed by atoms with Gasteiger partial charge in [-0.2, -0.15) is 0 Å². The van der Waals surface area contributed by atoms with E-state index in [0.717, 1.165) is 31.7 Å². The molecule has 7 heteroatoms. The summed E-state index contributed by atoms with van der Waals surface area (Å²) < 4.78 is 18.9. The van der Waals surface area contributed by atoms with Crippen molar-refractivity contribution >= 4 is 17.4 Å². The molecule has 0 aromatic heterocycles. The molecular formula is C23H28FN3O3. The summed E-state index contributed by atoms with van der Waals surface area (Å²) in [6.07, 6.45) is 0. The number of nitrogens with one attached hydrogen (secondary N) is 1. The highest BCUT2D eigenvalue weighted by Gasteiger charge is 2.26. The molecule has 1 aliphatic heterocycles. The zero-order chi connectivity index (χ0) is 21.7. The number of benzene rings is 2. The number of halogens is 1. The minimum Gasteiger partial charge on any atom is -0.496 e. The van der Waals surface area contributed by atoms with Crippen LogP contribution in [0.15, 0.2) is 42.5 Å². The molecule has 2 aromatic carbocycles. The van der Waals surface area contributed by atoms with Crippen molar-refractivity contribution in [3.05, 3.63) is 59.4 Å². The van der Waals surface area contributed by atoms with E-state index in [2.05, 4.69) is 15.1 Å². The molecule has 0 unspecified atom stereocenters. The molecule has 0 radical (unpaired) electrons. The Morgan fingerprint density at radius 3 is 2.37 bits per heavy atom. The normalized spacial score (nSPS) is 16.1. The quantitative estimate of drug-likeness (QED) is 0.707. The fourth-order valence-electron chi connectivity index (χ4n) is 3.62. The number of nitrogens with zero attached hydrogens (tertiary/aromatic N) is 2. The van der Waals surface area contributed by atoms with Crippen LogP contribution in [0.3, 0.4) is 0 Å². The fraction of sp³-hybridized carbons (Fsp3) is 0.391. The molecule has 1 amide bonds. The number of ether oxygens (including phenoxy) is 1. The largest absolute Gasteiger partial charge is 0.496 e. The molecule has 1 fully saturated rings. The summed E-state index contributed by atoms with van der Waals surface area (Å²) in [7, 11) is 1.59. The van der Waals surface area contributed by atoms with Gasteiger partial charge < -0.3 is 10.1 Å². The van der Waals surface area contributed by atoms with Crippen LogP contribution in [0.5, 0.6) is 5.75 Å². The van der Waals surface area contributed by atoms with E-state index in [-0.39, 0.29) is 23.5 Å². The Bertz CT molecular complexity index is 893. The Balaban J connectivity index is 1.52. The second-order valence-electron chi connectivity index (χ2n) is 7.57. The zero-order valence-electron chi connectivity index (χ0n) is 17.7. The van der Waals surface area contributed by atoms with E-state index >= 15 is 0 Å². The molecule has 0 saturated carbocycles. The van der Waals surface area contributed by atoms with Gasteiger partial charge in [0.1, 0.15) is 11.6 Å². The van der Waals surface area contributed by atoms with Gasteiger partial charge in [-0.1, -0.05) is 0 Å². The molecule has 0 aliphatic carbocycles. The number of methoxy groups -OCH3 is 1. The number of amides is 1. The summed E-state index contributed by atoms with van der Waals surface area (Å²) in [5, 5.41) is 2.91. The third-order valence-corrected chi connectivity index (χ3v) is 5.53. The van der Waals surface area contributed by atoms with Crippen molar-refractivity contribution in [2.75, 3.05) is 38.6 Å². The van der Waals surface area contributed by atoms with Crippen molar-refractivity contribution < 1.29 is 18.7 Å². The van der Waals surface area contributed by atoms with E-state index in [0.29, 0.717) is 23.5 Å². The van der Waals surface area contributed by atoms with Crippen LogP contribution in [0.4, 0.5) is 10.1 Å². The Labute approximate surface area is 176 Å². The maximum atomic E-state index is 13.6. The molecule has 6 nitrogen and oxygen atoms in total. The molecule has 0 bridgehead atoms. The predicted molar refractivity (Wildman–Crippen MR) is 114 cm³/mol. The summed E-state index contributed by atoms with van der Waals surface area (Å²) >= 11 is 0. The Hall–Kier alpha value is -2.77. The SMILES string of the molecule is COc1ccc(F)cc1CN1CCN([C@H](C)C(=O)Nc2ccc(C(C)=O)cc2)CC1. The highest BCUT2D eigenvalue weighted by atomic mass is 19.1. The molecule has 1 N–H and O–H groups in total. The first-order valence-electron chi connectivity index (χ1n) is 10.1. The Kier molecular flexibility index (Phi) is 7.18. The van der Waals surface area contributed by atoms with Gasteiger partial charge in [-0.15, -0.1) is 0 Å². The first-order valence-corrected chi connectivity index (χ1v) is 10.1. The number of Topliss-reactive ketones (excluding diaryl/α,β-unsaturated/α-hetero) is 1. The third kappa shape index (κ3) is 5.43. The highest BCUT2D eigenvalue weighted by molar-refractivity contribution is 5.97. The zero-order valence-corrected chi connectivity index (χ0v) is 17.7. The van der Waals surface area contributed by atoms with E-state index in [1.54, 1.807) is 37.4 Å². The topological polar surface area (TPSA) is 61.9 Å². The van der Waals surface area contributed by atoms with Gasteiger partial charge in [-0.3, -0.25) is 19.4 Å². The molecular weight excluding hydrogens is 385 g/mol. The van der Waals surface area contributed by atoms with Gasteiger partial charge in [0.25, 0.3) is 0 Å². The van der Waals surface area contributed by atoms with Crippen LogP contribution >= 0.6 is 0 Å². The monoisotopic (exact) mass is 413 g/mol. The fourth-order valence-corrected chi connectivity index (χ4v) is 3.62. The maximum Gasteiger partial charge on any atom is 0.241 e. The minimum atomic E-state index is -0.275. The third-order valence-electron chi connectivity index (χ3n) is 5.53. The van der Waals surface area contributed by atoms with Crippen LogP contribution in [-0.2, 0) is 11.3 Å². The van der Waals surface area contributed by atoms with Gasteiger partial charge in [0.15, 0.2) is 5.78 Å². The van der Waals surface area contributed by atoms with Gasteiger partial charge in [-0.25, -0.2) is 4.39 Å². The average Bonchev–Trinajstić information content (AvgIpc) is 2.74. The van der Waals surface area contributed by atoms with Crippen LogP contribution in [0, 0.1) is 5.82 Å². The second-order valence-corrected chi connectivity index (χ2v) is 7.57. The molecule has 2 aromatic rings. The van der Waals surface area contributed by atoms with E-state index in [4.69, 9.17) is 4.74 Å². The molecule has 1 heterocycles. The van der Waals surface area contributed by atoms with Crippen LogP contribution in [0.2, 0.25) is 0 Å². The molecule has 1 atom stereocenters. The summed E-state index contributed by atoms with van der Waals surface area (Å²) in [4.78, 5) is 28.4. The Morgan fingerprint density at radius 2 is 1.77 bits per heavy atom. The van der Waals surface area contributed by atoms with Crippen molar-refractivity contribution in [1.82, 2.24) is 9.80 Å². The van der Waals surface area contributed by atoms with Crippen molar-refractivity contribution in [3.63, 3.8) is 0 Å². The lowest BCUT2D eigenvalue weighted by atomic mass is 10.1. The second kappa shape index (κ2) is 9.82. The van der Waals surface area contributed by atoms with Crippen molar-refractivity contribution in [2.45, 2.75) is 26.4 Å². The van der Waals surface area contributed by atoms with Crippen LogP contribution in [-0.4, -0.2) is 60.8 Å². The highest BCUT2D eigenvalue weighted by Crippen LogP contribution is 2.22. The van der Waals surface area contributed by atoms with Gasteiger partial charge in [-0.05, 0) is 56.3 Å². The van der Waals surface area contributed by atoms with E-state index in [1.165, 1.54) is 19.1 Å². The number of hydrogen-bond donors (Lipinski definition) is 1. The molecule has 0 spiro atoms. The molecule has 1 aliphatic rings. The van der Waals surface area contributed by atoms with Crippen LogP contribution in [0.1, 0.15) is 29.8 Å². The summed E-state index contributed by atoms with van der Waals surface area (Å²) in [6.45, 7) is 7.07. The summed E-state index contributed by atoms with van der Waals surface area (Å²) in [5.41, 5.74) is 2.12. The lowest BCUT2D eigenvalue weighted by Crippen LogP contribution is -2.52. The summed E-state index contributed by atoms with van der Waals surface area (Å²) in [5.74, 6) is 0.328. The van der Waals surface area contributed by atoms with E-state index in [9.17, 15) is 14.0 Å². The molecule has 160 valence electrons. The number of carbonyl (C=O) groups excluding carboxylic acids is 2. The molecule has 30 heavy (non-hydrogen) atoms. The number of hydrogen-bond acceptors (Lipinski definition) is 5. The average molecular weight is 413 g/mol. The standard InChI is InChI=1S/C23H28FN3O3/c1-16(23(29)25-21-7-4-18(5-8-21)17(2)28)27-12-10-26(11-13-27)15-19-14-20(24)6-9-22(19)30-3/h4-9,14,16H,10-13,15H2,1-3H3,(H,25,29)/t16-/m1/s1. The number of ketones is 1. The van der Waals surface area contributed by atoms with Crippen LogP contribution in [0.25, 0.3) is 0 Å². The van der Waals surface area contributed by atoms with Crippen molar-refractivity contribution in [2.24, 2.45) is 0 Å². The predicted octanol–water partition coefficient (Wildman–Crippen LogP) is 3.18. The number of carbonyl (C=O) groups is 2. The molecule has 3 rings (SSSR count). The lowest BCUT2D eigenvalue weighted by Gasteiger charge is -2.37. The van der Waals surface area contributed by atoms with Crippen LogP contribution < -0.4 is 10.1 Å². The minimum absolute atomic E-state index is 0.00465. The van der Waals surface area contributed by atoms with Crippen molar-refractivity contribution in [1.29, 1.82) is 0 Å². The maximum absolute atomic E-state index is 13.6. The Morgan fingerprint density at radius 1 is 1.10 bits per heavy atom. The number of rotatable bonds is 7.